The topological polar surface area (TPSA) is 86.5 Å². The number of nitrogens with one attached hydrogen (secondary N) is 1. The summed E-state index contributed by atoms with van der Waals surface area (Å²) in [5.74, 6) is 2.56. The minimum Gasteiger partial charge on any atom is -0.486 e. The number of carbonyl (C=O) groups excluding carboxylic acids is 1. The molecule has 1 aliphatic rings. The first-order valence-electron chi connectivity index (χ1n) is 9.31. The standard InChI is InChI=1S/C21H21N3O4/c25-19(22-14-15-9-10-17-18(13-15)27-12-11-26-17)7-4-8-20-23-21(24-28-20)16-5-2-1-3-6-16/h1-3,5-6,9-10,13H,4,7-8,11-12,14H2,(H,22,25). The molecular weight excluding hydrogens is 358 g/mol. The van der Waals surface area contributed by atoms with Crippen LogP contribution in [-0.2, 0) is 17.8 Å². The molecule has 1 aromatic heterocycles. The van der Waals surface area contributed by atoms with Gasteiger partial charge in [0.25, 0.3) is 0 Å². The molecule has 0 unspecified atom stereocenters. The van der Waals surface area contributed by atoms with Gasteiger partial charge >= 0.3 is 0 Å². The van der Waals surface area contributed by atoms with Gasteiger partial charge in [0.05, 0.1) is 0 Å². The fourth-order valence-electron chi connectivity index (χ4n) is 2.95. The van der Waals surface area contributed by atoms with E-state index in [0.29, 0.717) is 50.7 Å². The van der Waals surface area contributed by atoms with Crippen molar-refractivity contribution in [1.82, 2.24) is 15.5 Å². The molecule has 0 spiro atoms. The smallest absolute Gasteiger partial charge is 0.226 e. The second-order valence-electron chi connectivity index (χ2n) is 6.49. The Kier molecular flexibility index (Phi) is 5.51. The van der Waals surface area contributed by atoms with Crippen LogP contribution in [0.3, 0.4) is 0 Å². The van der Waals surface area contributed by atoms with E-state index in [0.717, 1.165) is 22.6 Å². The van der Waals surface area contributed by atoms with Crippen molar-refractivity contribution in [3.05, 3.63) is 60.0 Å². The Bertz CT molecular complexity index is 940. The van der Waals surface area contributed by atoms with E-state index in [-0.39, 0.29) is 5.91 Å². The molecule has 1 N–H and O–H groups in total. The fraction of sp³-hybridized carbons (Fsp3) is 0.286. The second kappa shape index (κ2) is 8.56. The van der Waals surface area contributed by atoms with Crippen molar-refractivity contribution in [1.29, 1.82) is 0 Å². The molecule has 1 aliphatic heterocycles. The molecule has 7 nitrogen and oxygen atoms in total. The Morgan fingerprint density at radius 3 is 2.71 bits per heavy atom. The number of aryl methyl sites for hydroxylation is 1. The molecule has 0 atom stereocenters. The highest BCUT2D eigenvalue weighted by atomic mass is 16.6. The molecule has 0 saturated heterocycles. The predicted octanol–water partition coefficient (Wildman–Crippen LogP) is 3.15. The van der Waals surface area contributed by atoms with Gasteiger partial charge < -0.3 is 19.3 Å². The average Bonchev–Trinajstić information content (AvgIpc) is 3.22. The number of nitrogens with zero attached hydrogens (tertiary/aromatic N) is 2. The first-order valence-corrected chi connectivity index (χ1v) is 9.31. The molecule has 1 amide bonds. The van der Waals surface area contributed by atoms with Gasteiger partial charge in [0, 0.05) is 24.9 Å². The van der Waals surface area contributed by atoms with Crippen molar-refractivity contribution in [3.63, 3.8) is 0 Å². The first-order chi connectivity index (χ1) is 13.8. The highest BCUT2D eigenvalue weighted by Gasteiger charge is 2.12. The average molecular weight is 379 g/mol. The highest BCUT2D eigenvalue weighted by molar-refractivity contribution is 5.75. The third-order valence-corrected chi connectivity index (χ3v) is 4.39. The molecule has 144 valence electrons. The number of aromatic nitrogens is 2. The van der Waals surface area contributed by atoms with Crippen LogP contribution in [0.1, 0.15) is 24.3 Å². The summed E-state index contributed by atoms with van der Waals surface area (Å²) in [7, 11) is 0. The normalized spacial score (nSPS) is 12.6. The minimum atomic E-state index is -0.0160. The molecule has 0 bridgehead atoms. The van der Waals surface area contributed by atoms with Gasteiger partial charge in [0.2, 0.25) is 17.6 Å². The zero-order valence-corrected chi connectivity index (χ0v) is 15.4. The maximum Gasteiger partial charge on any atom is 0.226 e. The van der Waals surface area contributed by atoms with Gasteiger partial charge in [-0.25, -0.2) is 0 Å². The summed E-state index contributed by atoms with van der Waals surface area (Å²) in [4.78, 5) is 16.5. The van der Waals surface area contributed by atoms with Gasteiger partial charge in [0.15, 0.2) is 11.5 Å². The lowest BCUT2D eigenvalue weighted by atomic mass is 10.2. The highest BCUT2D eigenvalue weighted by Crippen LogP contribution is 2.30. The number of carbonyl (C=O) groups is 1. The molecule has 28 heavy (non-hydrogen) atoms. The Labute approximate surface area is 162 Å². The van der Waals surface area contributed by atoms with Crippen LogP contribution in [0.5, 0.6) is 11.5 Å². The van der Waals surface area contributed by atoms with Crippen molar-refractivity contribution in [2.45, 2.75) is 25.8 Å². The summed E-state index contributed by atoms with van der Waals surface area (Å²) in [6.45, 7) is 1.56. The number of amides is 1. The summed E-state index contributed by atoms with van der Waals surface area (Å²) in [6.07, 6.45) is 1.61. The van der Waals surface area contributed by atoms with Crippen molar-refractivity contribution in [2.24, 2.45) is 0 Å². The summed E-state index contributed by atoms with van der Waals surface area (Å²) >= 11 is 0. The number of ether oxygens (including phenoxy) is 2. The van der Waals surface area contributed by atoms with Gasteiger partial charge in [-0.1, -0.05) is 41.6 Å². The molecule has 7 heteroatoms. The monoisotopic (exact) mass is 379 g/mol. The Morgan fingerprint density at radius 1 is 1.04 bits per heavy atom. The second-order valence-corrected chi connectivity index (χ2v) is 6.49. The summed E-state index contributed by atoms with van der Waals surface area (Å²) in [5.41, 5.74) is 1.89. The number of hydrogen-bond acceptors (Lipinski definition) is 6. The van der Waals surface area contributed by atoms with Crippen LogP contribution in [0.4, 0.5) is 0 Å². The van der Waals surface area contributed by atoms with Crippen LogP contribution < -0.4 is 14.8 Å². The Hall–Kier alpha value is -3.35. The lowest BCUT2D eigenvalue weighted by Crippen LogP contribution is -2.23. The number of benzene rings is 2. The quantitative estimate of drug-likeness (QED) is 0.679. The number of fused-ring (bicyclic) bond motifs is 1. The Balaban J connectivity index is 1.21. The van der Waals surface area contributed by atoms with E-state index in [1.807, 2.05) is 48.5 Å². The largest absolute Gasteiger partial charge is 0.486 e. The lowest BCUT2D eigenvalue weighted by Gasteiger charge is -2.18. The van der Waals surface area contributed by atoms with E-state index in [1.54, 1.807) is 0 Å². The molecule has 0 aliphatic carbocycles. The molecular formula is C21H21N3O4. The van der Waals surface area contributed by atoms with Crippen LogP contribution in [0, 0.1) is 0 Å². The van der Waals surface area contributed by atoms with Crippen molar-refractivity contribution in [3.8, 4) is 22.9 Å². The van der Waals surface area contributed by atoms with Crippen molar-refractivity contribution >= 4 is 5.91 Å². The molecule has 4 rings (SSSR count). The molecule has 2 aromatic carbocycles. The van der Waals surface area contributed by atoms with Gasteiger partial charge in [0.1, 0.15) is 13.2 Å². The van der Waals surface area contributed by atoms with E-state index >= 15 is 0 Å². The molecule has 0 saturated carbocycles. The van der Waals surface area contributed by atoms with Crippen molar-refractivity contribution < 1.29 is 18.8 Å². The van der Waals surface area contributed by atoms with Crippen LogP contribution in [0.25, 0.3) is 11.4 Å². The number of hydrogen-bond donors (Lipinski definition) is 1. The van der Waals surface area contributed by atoms with Gasteiger partial charge in [-0.3, -0.25) is 4.79 Å². The summed E-state index contributed by atoms with van der Waals surface area (Å²) in [5, 5.41) is 6.91. The van der Waals surface area contributed by atoms with E-state index in [2.05, 4.69) is 15.5 Å². The molecule has 0 fully saturated rings. The van der Waals surface area contributed by atoms with Crippen LogP contribution in [0.2, 0.25) is 0 Å². The molecule has 0 radical (unpaired) electrons. The SMILES string of the molecule is O=C(CCCc1nc(-c2ccccc2)no1)NCc1ccc2c(c1)OCCO2. The van der Waals surface area contributed by atoms with Crippen molar-refractivity contribution in [2.75, 3.05) is 13.2 Å². The summed E-state index contributed by atoms with van der Waals surface area (Å²) in [6, 6.07) is 15.4. The van der Waals surface area contributed by atoms with Gasteiger partial charge in [-0.05, 0) is 24.1 Å². The Morgan fingerprint density at radius 2 is 1.86 bits per heavy atom. The zero-order chi connectivity index (χ0) is 19.2. The summed E-state index contributed by atoms with van der Waals surface area (Å²) < 4.78 is 16.3. The molecule has 3 aromatic rings. The lowest BCUT2D eigenvalue weighted by molar-refractivity contribution is -0.121. The third kappa shape index (κ3) is 4.49. The molecule has 2 heterocycles. The van der Waals surface area contributed by atoms with E-state index in [4.69, 9.17) is 14.0 Å². The van der Waals surface area contributed by atoms with E-state index < -0.39 is 0 Å². The van der Waals surface area contributed by atoms with Crippen LogP contribution in [-0.4, -0.2) is 29.3 Å². The first kappa shape index (κ1) is 18.0. The third-order valence-electron chi connectivity index (χ3n) is 4.39. The van der Waals surface area contributed by atoms with Crippen LogP contribution >= 0.6 is 0 Å². The van der Waals surface area contributed by atoms with Gasteiger partial charge in [-0.2, -0.15) is 4.98 Å². The van der Waals surface area contributed by atoms with E-state index in [1.165, 1.54) is 0 Å². The maximum atomic E-state index is 12.1. The maximum absolute atomic E-state index is 12.1. The van der Waals surface area contributed by atoms with E-state index in [9.17, 15) is 4.79 Å². The minimum absolute atomic E-state index is 0.0160. The predicted molar refractivity (Wildman–Crippen MR) is 102 cm³/mol. The zero-order valence-electron chi connectivity index (χ0n) is 15.4. The van der Waals surface area contributed by atoms with Gasteiger partial charge in [-0.15, -0.1) is 0 Å². The number of rotatable bonds is 7. The fourth-order valence-corrected chi connectivity index (χ4v) is 2.95. The van der Waals surface area contributed by atoms with Crippen LogP contribution in [0.15, 0.2) is 53.1 Å².